The maximum atomic E-state index is 12.7. The Hall–Kier alpha value is -2.01. The number of sulfonamides is 1. The summed E-state index contributed by atoms with van der Waals surface area (Å²) in [5.41, 5.74) is 9.04. The average molecular weight is 288 g/mol. The summed E-state index contributed by atoms with van der Waals surface area (Å²) in [6.07, 6.45) is 0.747. The van der Waals surface area contributed by atoms with E-state index in [4.69, 9.17) is 5.73 Å². The van der Waals surface area contributed by atoms with E-state index in [-0.39, 0.29) is 4.90 Å². The number of para-hydroxylation sites is 1. The quantitative estimate of drug-likeness (QED) is 0.863. The molecule has 1 aliphatic heterocycles. The molecule has 0 saturated carbocycles. The van der Waals surface area contributed by atoms with Crippen LogP contribution < -0.4 is 10.0 Å². The Labute approximate surface area is 118 Å². The third-order valence-corrected chi connectivity index (χ3v) is 5.49. The van der Waals surface area contributed by atoms with Crippen LogP contribution in [-0.4, -0.2) is 15.0 Å². The van der Waals surface area contributed by atoms with Gasteiger partial charge in [-0.05, 0) is 42.7 Å². The van der Waals surface area contributed by atoms with Crippen LogP contribution in [0, 0.1) is 6.92 Å². The normalized spacial score (nSPS) is 14.3. The van der Waals surface area contributed by atoms with Crippen molar-refractivity contribution in [1.29, 1.82) is 0 Å². The Morgan fingerprint density at radius 1 is 1.15 bits per heavy atom. The number of benzene rings is 2. The fourth-order valence-electron chi connectivity index (χ4n) is 2.46. The Kier molecular flexibility index (Phi) is 2.94. The number of rotatable bonds is 2. The van der Waals surface area contributed by atoms with Crippen LogP contribution in [-0.2, 0) is 16.4 Å². The summed E-state index contributed by atoms with van der Waals surface area (Å²) in [6.45, 7) is 2.34. The van der Waals surface area contributed by atoms with Gasteiger partial charge < -0.3 is 5.73 Å². The first-order valence-electron chi connectivity index (χ1n) is 6.47. The first-order chi connectivity index (χ1) is 9.50. The van der Waals surface area contributed by atoms with Gasteiger partial charge in [-0.3, -0.25) is 4.31 Å². The van der Waals surface area contributed by atoms with Crippen LogP contribution in [0.3, 0.4) is 0 Å². The number of hydrogen-bond acceptors (Lipinski definition) is 3. The molecule has 0 bridgehead atoms. The van der Waals surface area contributed by atoms with Gasteiger partial charge >= 0.3 is 0 Å². The molecular formula is C15H16N2O2S. The highest BCUT2D eigenvalue weighted by Crippen LogP contribution is 2.33. The average Bonchev–Trinajstić information content (AvgIpc) is 2.86. The second-order valence-electron chi connectivity index (χ2n) is 4.97. The Morgan fingerprint density at radius 3 is 2.65 bits per heavy atom. The number of anilines is 2. The molecule has 0 atom stereocenters. The van der Waals surface area contributed by atoms with E-state index in [2.05, 4.69) is 0 Å². The summed E-state index contributed by atoms with van der Waals surface area (Å²) >= 11 is 0. The number of hydrogen-bond donors (Lipinski definition) is 1. The molecule has 1 aliphatic rings. The maximum absolute atomic E-state index is 12.7. The van der Waals surface area contributed by atoms with Crippen LogP contribution in [0.25, 0.3) is 0 Å². The second-order valence-corrected chi connectivity index (χ2v) is 6.84. The van der Waals surface area contributed by atoms with Gasteiger partial charge in [0, 0.05) is 12.2 Å². The highest BCUT2D eigenvalue weighted by Gasteiger charge is 2.30. The van der Waals surface area contributed by atoms with Crippen molar-refractivity contribution in [3.05, 3.63) is 53.6 Å². The summed E-state index contributed by atoms with van der Waals surface area (Å²) in [5, 5.41) is 0. The van der Waals surface area contributed by atoms with E-state index in [9.17, 15) is 8.42 Å². The summed E-state index contributed by atoms with van der Waals surface area (Å²) in [7, 11) is -3.54. The molecule has 0 aliphatic carbocycles. The van der Waals surface area contributed by atoms with Crippen LogP contribution in [0.2, 0.25) is 0 Å². The van der Waals surface area contributed by atoms with Gasteiger partial charge in [-0.2, -0.15) is 0 Å². The Morgan fingerprint density at radius 2 is 1.90 bits per heavy atom. The molecule has 4 nitrogen and oxygen atoms in total. The van der Waals surface area contributed by atoms with Crippen molar-refractivity contribution in [2.45, 2.75) is 18.2 Å². The molecule has 0 aromatic heterocycles. The van der Waals surface area contributed by atoms with Crippen LogP contribution in [0.4, 0.5) is 11.4 Å². The first-order valence-corrected chi connectivity index (χ1v) is 7.91. The van der Waals surface area contributed by atoms with Crippen molar-refractivity contribution in [3.63, 3.8) is 0 Å². The van der Waals surface area contributed by atoms with E-state index in [1.165, 1.54) is 10.4 Å². The molecule has 2 aromatic carbocycles. The van der Waals surface area contributed by atoms with Gasteiger partial charge in [0.15, 0.2) is 0 Å². The monoisotopic (exact) mass is 288 g/mol. The van der Waals surface area contributed by atoms with Crippen LogP contribution in [0.1, 0.15) is 11.1 Å². The number of nitrogen functional groups attached to an aromatic ring is 1. The molecule has 20 heavy (non-hydrogen) atoms. The highest BCUT2D eigenvalue weighted by atomic mass is 32.2. The standard InChI is InChI=1S/C15H16N2O2S/c1-11-6-7-13(10-14(11)16)20(18,19)17-9-8-12-4-2-3-5-15(12)17/h2-7,10H,8-9,16H2,1H3. The topological polar surface area (TPSA) is 63.4 Å². The molecule has 0 radical (unpaired) electrons. The molecular weight excluding hydrogens is 272 g/mol. The van der Waals surface area contributed by atoms with E-state index in [0.717, 1.165) is 23.2 Å². The lowest BCUT2D eigenvalue weighted by Crippen LogP contribution is -2.29. The number of aryl methyl sites for hydroxylation is 1. The Bertz CT molecular complexity index is 769. The van der Waals surface area contributed by atoms with E-state index in [0.29, 0.717) is 12.2 Å². The molecule has 0 unspecified atom stereocenters. The van der Waals surface area contributed by atoms with Gasteiger partial charge in [0.2, 0.25) is 0 Å². The van der Waals surface area contributed by atoms with Gasteiger partial charge in [-0.1, -0.05) is 24.3 Å². The lowest BCUT2D eigenvalue weighted by Gasteiger charge is -2.20. The fraction of sp³-hybridized carbons (Fsp3) is 0.200. The fourth-order valence-corrected chi connectivity index (χ4v) is 4.00. The van der Waals surface area contributed by atoms with Crippen molar-refractivity contribution >= 4 is 21.4 Å². The van der Waals surface area contributed by atoms with E-state index in [1.54, 1.807) is 12.1 Å². The number of nitrogens with two attached hydrogens (primary N) is 1. The van der Waals surface area contributed by atoms with Crippen molar-refractivity contribution in [2.24, 2.45) is 0 Å². The minimum atomic E-state index is -3.54. The molecule has 2 N–H and O–H groups in total. The zero-order valence-electron chi connectivity index (χ0n) is 11.2. The van der Waals surface area contributed by atoms with Gasteiger partial charge in [0.25, 0.3) is 10.0 Å². The van der Waals surface area contributed by atoms with Crippen molar-refractivity contribution < 1.29 is 8.42 Å². The molecule has 0 saturated heterocycles. The third-order valence-electron chi connectivity index (χ3n) is 3.68. The van der Waals surface area contributed by atoms with E-state index in [1.807, 2.05) is 31.2 Å². The highest BCUT2D eigenvalue weighted by molar-refractivity contribution is 7.92. The van der Waals surface area contributed by atoms with Crippen molar-refractivity contribution in [3.8, 4) is 0 Å². The maximum Gasteiger partial charge on any atom is 0.264 e. The van der Waals surface area contributed by atoms with Gasteiger partial charge in [0.1, 0.15) is 0 Å². The first kappa shape index (κ1) is 13.0. The summed E-state index contributed by atoms with van der Waals surface area (Å²) in [4.78, 5) is 0.248. The van der Waals surface area contributed by atoms with Crippen LogP contribution >= 0.6 is 0 Å². The van der Waals surface area contributed by atoms with Gasteiger partial charge in [-0.25, -0.2) is 8.42 Å². The van der Waals surface area contributed by atoms with Gasteiger partial charge in [-0.15, -0.1) is 0 Å². The van der Waals surface area contributed by atoms with Crippen molar-refractivity contribution in [1.82, 2.24) is 0 Å². The molecule has 1 heterocycles. The zero-order valence-corrected chi connectivity index (χ0v) is 12.0. The number of nitrogens with zero attached hydrogens (tertiary/aromatic N) is 1. The molecule has 5 heteroatoms. The minimum absolute atomic E-state index is 0.248. The van der Waals surface area contributed by atoms with Gasteiger partial charge in [0.05, 0.1) is 10.6 Å². The molecule has 0 amide bonds. The van der Waals surface area contributed by atoms with E-state index < -0.39 is 10.0 Å². The SMILES string of the molecule is Cc1ccc(S(=O)(=O)N2CCc3ccccc32)cc1N. The minimum Gasteiger partial charge on any atom is -0.398 e. The van der Waals surface area contributed by atoms with Crippen LogP contribution in [0.15, 0.2) is 47.4 Å². The summed E-state index contributed by atoms with van der Waals surface area (Å²) in [6, 6.07) is 12.5. The lowest BCUT2D eigenvalue weighted by atomic mass is 10.2. The predicted molar refractivity (Wildman–Crippen MR) is 80.3 cm³/mol. The largest absolute Gasteiger partial charge is 0.398 e. The Balaban J connectivity index is 2.07. The summed E-state index contributed by atoms with van der Waals surface area (Å²) in [5.74, 6) is 0. The molecule has 2 aromatic rings. The summed E-state index contributed by atoms with van der Waals surface area (Å²) < 4.78 is 26.9. The number of fused-ring (bicyclic) bond motifs is 1. The van der Waals surface area contributed by atoms with Crippen molar-refractivity contribution in [2.75, 3.05) is 16.6 Å². The smallest absolute Gasteiger partial charge is 0.264 e. The predicted octanol–water partition coefficient (Wildman–Crippen LogP) is 2.33. The molecule has 104 valence electrons. The zero-order chi connectivity index (χ0) is 14.3. The molecule has 0 spiro atoms. The van der Waals surface area contributed by atoms with E-state index >= 15 is 0 Å². The second kappa shape index (κ2) is 4.52. The molecule has 3 rings (SSSR count). The van der Waals surface area contributed by atoms with Crippen LogP contribution in [0.5, 0.6) is 0 Å². The third kappa shape index (κ3) is 1.94. The lowest BCUT2D eigenvalue weighted by molar-refractivity contribution is 0.592. The molecule has 0 fully saturated rings.